The van der Waals surface area contributed by atoms with Crippen molar-refractivity contribution in [3.8, 4) is 0 Å². The van der Waals surface area contributed by atoms with Crippen molar-refractivity contribution < 1.29 is 86.2 Å². The van der Waals surface area contributed by atoms with Crippen molar-refractivity contribution in [1.29, 1.82) is 0 Å². The quantitative estimate of drug-likeness (QED) is 0.0106. The highest BCUT2D eigenvalue weighted by Crippen LogP contribution is 2.19. The van der Waals surface area contributed by atoms with Crippen LogP contribution in [0.2, 0.25) is 0 Å². The summed E-state index contributed by atoms with van der Waals surface area (Å²) in [4.78, 5) is 125. The molecular weight excluding hydrogens is 1270 g/mol. The number of esters is 3. The standard InChI is InChI=1S/C38H47N3O9.C37H45N3O9/c1-47-36(44)33(22-12-14-24-40-38(46)50-28-31-19-9-4-10-20-31)41-35(43)32(25-34(42)48-26-29-15-5-2-6-16-29)21-11-13-23-39-37(45)49-27-30-17-7-3-8-18-30;41-33(47-25-28-14-4-1-5-15-28)24-31(20-10-12-22-38-36(45)48-26-29-16-6-2-7-17-29)34(42)40-32(35(43)44)21-11-13-23-39-37(46)49-27-30-18-8-3-9-19-30/h2-10,15-20,32-33H,11-14,21-28H2,1H3,(H,39,45)(H,40,46)(H,41,43);1-9,14-19,31-32H,10-13,20-27H2,(H,38,45)(H,39,46)(H,40,42)(H,43,44)/t32-,33+;31-,32+/m11/s1. The highest BCUT2D eigenvalue weighted by molar-refractivity contribution is 5.89. The molecule has 7 N–H and O–H groups in total. The van der Waals surface area contributed by atoms with E-state index in [1.54, 1.807) is 0 Å². The maximum Gasteiger partial charge on any atom is 0.407 e. The molecule has 6 aromatic carbocycles. The minimum absolute atomic E-state index is 0.0502. The van der Waals surface area contributed by atoms with Crippen LogP contribution in [-0.2, 0) is 102 Å². The first-order valence-electron chi connectivity index (χ1n) is 33.2. The number of amides is 6. The Balaban J connectivity index is 0.000000357. The second-order valence-corrected chi connectivity index (χ2v) is 23.0. The predicted molar refractivity (Wildman–Crippen MR) is 366 cm³/mol. The van der Waals surface area contributed by atoms with E-state index in [-0.39, 0.29) is 78.3 Å². The highest BCUT2D eigenvalue weighted by Gasteiger charge is 2.30. The van der Waals surface area contributed by atoms with E-state index >= 15 is 0 Å². The average molecular weight is 1370 g/mol. The zero-order valence-corrected chi connectivity index (χ0v) is 56.0. The van der Waals surface area contributed by atoms with E-state index in [2.05, 4.69) is 31.9 Å². The number of unbranched alkanes of at least 4 members (excludes halogenated alkanes) is 4. The first-order chi connectivity index (χ1) is 48.1. The van der Waals surface area contributed by atoms with E-state index in [9.17, 15) is 53.1 Å². The Morgan fingerprint density at radius 1 is 0.323 bits per heavy atom. The van der Waals surface area contributed by atoms with Crippen LogP contribution in [0, 0.1) is 11.8 Å². The van der Waals surface area contributed by atoms with Gasteiger partial charge in [-0.2, -0.15) is 0 Å². The first-order valence-corrected chi connectivity index (χ1v) is 33.2. The van der Waals surface area contributed by atoms with E-state index in [1.165, 1.54) is 7.11 Å². The summed E-state index contributed by atoms with van der Waals surface area (Å²) in [5.41, 5.74) is 5.08. The molecule has 6 amide bonds. The number of carbonyl (C=O) groups excluding carboxylic acids is 9. The Labute approximate surface area is 577 Å². The lowest BCUT2D eigenvalue weighted by Gasteiger charge is -2.21. The van der Waals surface area contributed by atoms with E-state index in [4.69, 9.17) is 33.2 Å². The molecule has 0 unspecified atom stereocenters. The SMILES string of the molecule is COC(=O)[C@H](CCCCNC(=O)OCc1ccccc1)NC(=O)[C@H](CCCCNC(=O)OCc1ccccc1)CC(=O)OCc1ccccc1.O=C(C[C@@H](CCCCNC(=O)OCc1ccccc1)C(=O)N[C@@H](CCCCNC(=O)OCc1ccccc1)C(=O)O)OCc1ccccc1. The molecule has 0 aromatic heterocycles. The van der Waals surface area contributed by atoms with Gasteiger partial charge in [0.25, 0.3) is 0 Å². The molecule has 0 spiro atoms. The fourth-order valence-electron chi connectivity index (χ4n) is 9.71. The van der Waals surface area contributed by atoms with Gasteiger partial charge in [0.1, 0.15) is 51.7 Å². The van der Waals surface area contributed by atoms with Crippen molar-refractivity contribution in [1.82, 2.24) is 31.9 Å². The van der Waals surface area contributed by atoms with Gasteiger partial charge >= 0.3 is 48.3 Å². The van der Waals surface area contributed by atoms with Gasteiger partial charge in [0.05, 0.1) is 20.0 Å². The van der Waals surface area contributed by atoms with Gasteiger partial charge in [-0.1, -0.05) is 195 Å². The van der Waals surface area contributed by atoms with Gasteiger partial charge in [-0.3, -0.25) is 19.2 Å². The lowest BCUT2D eigenvalue weighted by atomic mass is 9.96. The molecule has 24 nitrogen and oxygen atoms in total. The second kappa shape index (κ2) is 48.0. The third-order valence-corrected chi connectivity index (χ3v) is 15.2. The molecule has 24 heteroatoms. The zero-order chi connectivity index (χ0) is 70.9. The Kier molecular flexibility index (Phi) is 38.3. The number of hydrogen-bond donors (Lipinski definition) is 7. The average Bonchev–Trinajstić information content (AvgIpc) is 1.36. The summed E-state index contributed by atoms with van der Waals surface area (Å²) < 4.78 is 36.5. The molecule has 0 aliphatic rings. The number of aliphatic carboxylic acids is 1. The number of nitrogens with one attached hydrogen (secondary N) is 6. The molecule has 530 valence electrons. The Morgan fingerprint density at radius 3 is 0.828 bits per heavy atom. The number of carbonyl (C=O) groups is 10. The molecule has 0 saturated heterocycles. The first kappa shape index (κ1) is 78.9. The summed E-state index contributed by atoms with van der Waals surface area (Å²) in [6.45, 7) is 1.92. The van der Waals surface area contributed by atoms with Crippen LogP contribution < -0.4 is 31.9 Å². The molecule has 0 aliphatic heterocycles. The lowest BCUT2D eigenvalue weighted by molar-refractivity contribution is -0.149. The van der Waals surface area contributed by atoms with Crippen molar-refractivity contribution >= 4 is 60.1 Å². The number of carboxylic acid groups (broad SMARTS) is 1. The van der Waals surface area contributed by atoms with Gasteiger partial charge in [0.2, 0.25) is 11.8 Å². The Morgan fingerprint density at radius 2 is 0.566 bits per heavy atom. The second-order valence-electron chi connectivity index (χ2n) is 23.0. The molecule has 4 atom stereocenters. The summed E-state index contributed by atoms with van der Waals surface area (Å²) in [6.07, 6.45) is 2.25. The fraction of sp³-hybridized carbons (Fsp3) is 0.387. The number of benzene rings is 6. The third-order valence-electron chi connectivity index (χ3n) is 15.2. The number of methoxy groups -OCH3 is 1. The number of alkyl carbamates (subject to hydrolysis) is 4. The van der Waals surface area contributed by atoms with Crippen molar-refractivity contribution in [2.75, 3.05) is 33.3 Å². The molecular formula is C75H92N6O18. The third kappa shape index (κ3) is 35.7. The molecule has 0 radical (unpaired) electrons. The molecule has 99 heavy (non-hydrogen) atoms. The maximum atomic E-state index is 13.5. The Bertz CT molecular complexity index is 3340. The molecule has 0 heterocycles. The van der Waals surface area contributed by atoms with Gasteiger partial charge in [0, 0.05) is 38.0 Å². The van der Waals surface area contributed by atoms with Crippen LogP contribution in [-0.4, -0.2) is 111 Å². The Hall–Kier alpha value is -10.8. The maximum absolute atomic E-state index is 13.5. The summed E-state index contributed by atoms with van der Waals surface area (Å²) in [5.74, 6) is -5.60. The largest absolute Gasteiger partial charge is 0.480 e. The number of carboxylic acids is 1. The molecule has 0 fully saturated rings. The van der Waals surface area contributed by atoms with Crippen LogP contribution in [0.5, 0.6) is 0 Å². The van der Waals surface area contributed by atoms with E-state index < -0.39 is 84.0 Å². The fourth-order valence-corrected chi connectivity index (χ4v) is 9.71. The smallest absolute Gasteiger partial charge is 0.407 e. The minimum atomic E-state index is -1.20. The minimum Gasteiger partial charge on any atom is -0.480 e. The van der Waals surface area contributed by atoms with Gasteiger partial charge in [-0.15, -0.1) is 0 Å². The van der Waals surface area contributed by atoms with E-state index in [0.717, 1.165) is 33.4 Å². The van der Waals surface area contributed by atoms with Crippen molar-refractivity contribution in [2.45, 2.75) is 142 Å². The van der Waals surface area contributed by atoms with Crippen LogP contribution in [0.4, 0.5) is 19.2 Å². The van der Waals surface area contributed by atoms with Crippen molar-refractivity contribution in [3.05, 3.63) is 215 Å². The van der Waals surface area contributed by atoms with Crippen LogP contribution in [0.1, 0.15) is 123 Å². The highest BCUT2D eigenvalue weighted by atomic mass is 16.6. The molecule has 0 bridgehead atoms. The molecule has 6 rings (SSSR count). The van der Waals surface area contributed by atoms with Crippen LogP contribution in [0.15, 0.2) is 182 Å². The van der Waals surface area contributed by atoms with Crippen LogP contribution >= 0.6 is 0 Å². The topological polar surface area (TPSA) is 328 Å². The molecule has 0 aliphatic carbocycles. The lowest BCUT2D eigenvalue weighted by Crippen LogP contribution is -2.44. The molecule has 6 aromatic rings. The van der Waals surface area contributed by atoms with Crippen molar-refractivity contribution in [2.24, 2.45) is 11.8 Å². The van der Waals surface area contributed by atoms with Gasteiger partial charge < -0.3 is 70.2 Å². The van der Waals surface area contributed by atoms with Crippen LogP contribution in [0.3, 0.4) is 0 Å². The van der Waals surface area contributed by atoms with E-state index in [1.807, 2.05) is 182 Å². The van der Waals surface area contributed by atoms with E-state index in [0.29, 0.717) is 77.4 Å². The number of hydrogen-bond acceptors (Lipinski definition) is 17. The van der Waals surface area contributed by atoms with Gasteiger partial charge in [-0.05, 0) is 97.6 Å². The van der Waals surface area contributed by atoms with Gasteiger partial charge in [-0.25, -0.2) is 28.8 Å². The number of ether oxygens (including phenoxy) is 7. The zero-order valence-electron chi connectivity index (χ0n) is 56.0. The van der Waals surface area contributed by atoms with Crippen LogP contribution in [0.25, 0.3) is 0 Å². The number of rotatable bonds is 42. The summed E-state index contributed by atoms with van der Waals surface area (Å²) in [5, 5.41) is 25.8. The summed E-state index contributed by atoms with van der Waals surface area (Å²) >= 11 is 0. The predicted octanol–water partition coefficient (Wildman–Crippen LogP) is 11.1. The van der Waals surface area contributed by atoms with Gasteiger partial charge in [0.15, 0.2) is 0 Å². The summed E-state index contributed by atoms with van der Waals surface area (Å²) in [6, 6.07) is 53.4. The monoisotopic (exact) mass is 1360 g/mol. The van der Waals surface area contributed by atoms with Crippen molar-refractivity contribution in [3.63, 3.8) is 0 Å². The normalized spacial score (nSPS) is 11.7. The summed E-state index contributed by atoms with van der Waals surface area (Å²) in [7, 11) is 1.24. The molecule has 0 saturated carbocycles.